The summed E-state index contributed by atoms with van der Waals surface area (Å²) >= 11 is 0. The van der Waals surface area contributed by atoms with Crippen molar-refractivity contribution in [3.05, 3.63) is 34.9 Å². The Bertz CT molecular complexity index is 1050. The minimum Gasteiger partial charge on any atom is -0.327 e. The molecule has 0 unspecified atom stereocenters. The summed E-state index contributed by atoms with van der Waals surface area (Å²) in [6, 6.07) is 5.29. The highest BCUT2D eigenvalue weighted by Gasteiger charge is 2.45. The molecule has 0 aliphatic heterocycles. The Morgan fingerprint density at radius 2 is 1.86 bits per heavy atom. The molecular formula is C19H20F3N5O. The average molecular weight is 391 g/mol. The molecule has 2 heterocycles. The molecule has 0 saturated heterocycles. The molecule has 1 fully saturated rings. The van der Waals surface area contributed by atoms with E-state index in [0.717, 1.165) is 39.8 Å². The largest absolute Gasteiger partial charge is 0.471 e. The molecule has 0 spiro atoms. The molecule has 148 valence electrons. The molecule has 2 aromatic heterocycles. The molecule has 1 aliphatic carbocycles. The molecule has 0 radical (unpaired) electrons. The number of carbonyl (C=O) groups excluding carboxylic acids is 1. The number of alkyl halides is 3. The number of pyridine rings is 1. The highest BCUT2D eigenvalue weighted by molar-refractivity contribution is 5.85. The van der Waals surface area contributed by atoms with E-state index >= 15 is 0 Å². The number of aryl methyl sites for hydroxylation is 2. The second-order valence-corrected chi connectivity index (χ2v) is 7.45. The minimum absolute atomic E-state index is 0.171. The predicted octanol–water partition coefficient (Wildman–Crippen LogP) is 3.73. The Morgan fingerprint density at radius 1 is 1.18 bits per heavy atom. The lowest BCUT2D eigenvalue weighted by Crippen LogP contribution is -2.45. The summed E-state index contributed by atoms with van der Waals surface area (Å²) in [5, 5.41) is 12.5. The summed E-state index contributed by atoms with van der Waals surface area (Å²) in [6.07, 6.45) is -2.10. The average Bonchev–Trinajstić information content (AvgIpc) is 3.31. The molecule has 1 saturated carbocycles. The number of fused-ring (bicyclic) bond motifs is 3. The van der Waals surface area contributed by atoms with Crippen molar-refractivity contribution in [3.63, 3.8) is 0 Å². The van der Waals surface area contributed by atoms with Gasteiger partial charge in [-0.25, -0.2) is 0 Å². The number of amides is 1. The monoisotopic (exact) mass is 391 g/mol. The van der Waals surface area contributed by atoms with Gasteiger partial charge in [0.1, 0.15) is 0 Å². The van der Waals surface area contributed by atoms with Gasteiger partial charge in [-0.15, -0.1) is 5.10 Å². The molecule has 0 atom stereocenters. The van der Waals surface area contributed by atoms with Crippen molar-refractivity contribution < 1.29 is 18.0 Å². The minimum atomic E-state index is -4.91. The van der Waals surface area contributed by atoms with Crippen LogP contribution in [0.3, 0.4) is 0 Å². The van der Waals surface area contributed by atoms with E-state index in [2.05, 4.69) is 15.5 Å². The molecule has 6 nitrogen and oxygen atoms in total. The maximum atomic E-state index is 13.2. The first kappa shape index (κ1) is 18.6. The van der Waals surface area contributed by atoms with E-state index in [0.29, 0.717) is 24.1 Å². The third-order valence-electron chi connectivity index (χ3n) is 5.57. The van der Waals surface area contributed by atoms with Gasteiger partial charge >= 0.3 is 12.1 Å². The van der Waals surface area contributed by atoms with Crippen LogP contribution >= 0.6 is 0 Å². The van der Waals surface area contributed by atoms with E-state index in [1.54, 1.807) is 6.07 Å². The molecule has 1 aliphatic rings. The van der Waals surface area contributed by atoms with E-state index in [4.69, 9.17) is 0 Å². The number of aromatic nitrogens is 4. The van der Waals surface area contributed by atoms with Crippen molar-refractivity contribution in [1.82, 2.24) is 24.9 Å². The first-order valence-corrected chi connectivity index (χ1v) is 9.24. The van der Waals surface area contributed by atoms with E-state index in [9.17, 15) is 18.0 Å². The van der Waals surface area contributed by atoms with Crippen molar-refractivity contribution in [2.75, 3.05) is 0 Å². The Kier molecular flexibility index (Phi) is 4.47. The van der Waals surface area contributed by atoms with Gasteiger partial charge in [-0.05, 0) is 66.4 Å². The summed E-state index contributed by atoms with van der Waals surface area (Å²) in [6.45, 7) is 3.77. The fourth-order valence-electron chi connectivity index (χ4n) is 3.97. The Morgan fingerprint density at radius 3 is 2.54 bits per heavy atom. The molecular weight excluding hydrogens is 371 g/mol. The van der Waals surface area contributed by atoms with Gasteiger partial charge in [0.05, 0.1) is 12.1 Å². The number of rotatable bonds is 3. The molecule has 9 heteroatoms. The summed E-state index contributed by atoms with van der Waals surface area (Å²) in [4.78, 5) is 13.1. The number of nitrogens with zero attached hydrogens (tertiary/aromatic N) is 5. The number of carbonyl (C=O) groups is 1. The van der Waals surface area contributed by atoms with Gasteiger partial charge in [-0.1, -0.05) is 12.8 Å². The van der Waals surface area contributed by atoms with Gasteiger partial charge < -0.3 is 4.90 Å². The van der Waals surface area contributed by atoms with Crippen LogP contribution < -0.4 is 0 Å². The SMILES string of the molecule is Cc1cc2cc(CN(C(=O)C(F)(F)F)C3CCCC3)c3nnnn3c2cc1C. The molecule has 1 aromatic carbocycles. The van der Waals surface area contributed by atoms with Gasteiger partial charge in [0, 0.05) is 17.0 Å². The van der Waals surface area contributed by atoms with Crippen LogP contribution in [-0.4, -0.2) is 43.1 Å². The van der Waals surface area contributed by atoms with Crippen LogP contribution in [-0.2, 0) is 11.3 Å². The number of benzene rings is 1. The van der Waals surface area contributed by atoms with E-state index in [1.807, 2.05) is 26.0 Å². The zero-order valence-corrected chi connectivity index (χ0v) is 15.6. The molecule has 1 amide bonds. The fourth-order valence-corrected chi connectivity index (χ4v) is 3.97. The lowest BCUT2D eigenvalue weighted by Gasteiger charge is -2.30. The summed E-state index contributed by atoms with van der Waals surface area (Å²) in [5.74, 6) is -1.80. The van der Waals surface area contributed by atoms with Crippen molar-refractivity contribution >= 4 is 22.5 Å². The third kappa shape index (κ3) is 3.18. The summed E-state index contributed by atoms with van der Waals surface area (Å²) in [5.41, 5.74) is 3.78. The van der Waals surface area contributed by atoms with Gasteiger partial charge in [-0.2, -0.15) is 17.7 Å². The lowest BCUT2D eigenvalue weighted by atomic mass is 10.0. The fraction of sp³-hybridized carbons (Fsp3) is 0.474. The van der Waals surface area contributed by atoms with Crippen LogP contribution in [0.15, 0.2) is 18.2 Å². The van der Waals surface area contributed by atoms with Crippen molar-refractivity contribution in [1.29, 1.82) is 0 Å². The Balaban J connectivity index is 1.83. The van der Waals surface area contributed by atoms with Crippen molar-refractivity contribution in [2.24, 2.45) is 0 Å². The van der Waals surface area contributed by atoms with Crippen LogP contribution in [0.4, 0.5) is 13.2 Å². The van der Waals surface area contributed by atoms with Crippen LogP contribution in [0.25, 0.3) is 16.6 Å². The highest BCUT2D eigenvalue weighted by atomic mass is 19.4. The second-order valence-electron chi connectivity index (χ2n) is 7.45. The molecule has 28 heavy (non-hydrogen) atoms. The topological polar surface area (TPSA) is 63.4 Å². The van der Waals surface area contributed by atoms with E-state index < -0.39 is 18.1 Å². The normalized spacial score (nSPS) is 15.6. The van der Waals surface area contributed by atoms with Crippen LogP contribution in [0.2, 0.25) is 0 Å². The molecule has 4 rings (SSSR count). The Hall–Kier alpha value is -2.71. The number of tetrazole rings is 1. The van der Waals surface area contributed by atoms with Gasteiger partial charge in [0.25, 0.3) is 0 Å². The molecule has 0 N–H and O–H groups in total. The van der Waals surface area contributed by atoms with Gasteiger partial charge in [0.2, 0.25) is 0 Å². The number of hydrogen-bond acceptors (Lipinski definition) is 4. The van der Waals surface area contributed by atoms with Crippen molar-refractivity contribution in [3.8, 4) is 0 Å². The zero-order valence-electron chi connectivity index (χ0n) is 15.6. The quantitative estimate of drug-likeness (QED) is 0.683. The second kappa shape index (κ2) is 6.72. The predicted molar refractivity (Wildman–Crippen MR) is 96.6 cm³/mol. The van der Waals surface area contributed by atoms with Crippen LogP contribution in [0.1, 0.15) is 42.4 Å². The number of halogens is 3. The lowest BCUT2D eigenvalue weighted by molar-refractivity contribution is -0.188. The maximum absolute atomic E-state index is 13.2. The van der Waals surface area contributed by atoms with Crippen LogP contribution in [0.5, 0.6) is 0 Å². The highest BCUT2D eigenvalue weighted by Crippen LogP contribution is 2.31. The van der Waals surface area contributed by atoms with Crippen LogP contribution in [0, 0.1) is 13.8 Å². The first-order valence-electron chi connectivity index (χ1n) is 9.24. The van der Waals surface area contributed by atoms with Crippen molar-refractivity contribution in [2.45, 2.75) is 58.3 Å². The number of hydrogen-bond donors (Lipinski definition) is 0. The standard InChI is InChI=1S/C19H20F3N5O/c1-11-7-13-9-14(17-23-24-25-27(17)16(13)8-12(11)2)10-26(15-5-3-4-6-15)18(28)19(20,21)22/h7-9,15H,3-6,10H2,1-2H3. The van der Waals surface area contributed by atoms with E-state index in [1.165, 1.54) is 4.52 Å². The summed E-state index contributed by atoms with van der Waals surface area (Å²) in [7, 11) is 0. The maximum Gasteiger partial charge on any atom is 0.471 e. The summed E-state index contributed by atoms with van der Waals surface area (Å²) < 4.78 is 41.2. The van der Waals surface area contributed by atoms with Gasteiger partial charge in [0.15, 0.2) is 5.65 Å². The third-order valence-corrected chi connectivity index (χ3v) is 5.57. The van der Waals surface area contributed by atoms with E-state index in [-0.39, 0.29) is 6.54 Å². The molecule has 3 aromatic rings. The Labute approximate surface area is 159 Å². The first-order chi connectivity index (χ1) is 13.3. The zero-order chi connectivity index (χ0) is 20.1. The molecule has 0 bridgehead atoms. The van der Waals surface area contributed by atoms with Gasteiger partial charge in [-0.3, -0.25) is 4.79 Å². The smallest absolute Gasteiger partial charge is 0.327 e.